The fourth-order valence-electron chi connectivity index (χ4n) is 3.78. The monoisotopic (exact) mass is 446 g/mol. The fraction of sp³-hybridized carbons (Fsp3) is 0.727. The van der Waals surface area contributed by atoms with Gasteiger partial charge in [0.1, 0.15) is 5.60 Å². The second kappa shape index (κ2) is 11.3. The number of nitrogens with zero attached hydrogens (tertiary/aromatic N) is 7. The van der Waals surface area contributed by atoms with Crippen molar-refractivity contribution >= 4 is 18.0 Å². The van der Waals surface area contributed by atoms with Crippen molar-refractivity contribution in [2.75, 3.05) is 76.9 Å². The minimum atomic E-state index is -0.453. The van der Waals surface area contributed by atoms with Crippen LogP contribution in [0, 0.1) is 0 Å². The summed E-state index contributed by atoms with van der Waals surface area (Å²) in [4.78, 5) is 34.5. The predicted octanol–water partition coefficient (Wildman–Crippen LogP) is 1.12. The Morgan fingerprint density at radius 2 is 1.66 bits per heavy atom. The van der Waals surface area contributed by atoms with Gasteiger partial charge in [0.2, 0.25) is 5.95 Å². The summed E-state index contributed by atoms with van der Waals surface area (Å²) < 4.78 is 5.48. The summed E-state index contributed by atoms with van der Waals surface area (Å²) >= 11 is 0. The SMILES string of the molecule is CCNC(=NCCN1CCN(C(=O)OC(C)(C)C)CC1)N1CCN(c2ncccn2)CC1. The molecule has 1 amide bonds. The number of aromatic nitrogens is 2. The number of ether oxygens (including phenoxy) is 1. The lowest BCUT2D eigenvalue weighted by molar-refractivity contribution is 0.0148. The summed E-state index contributed by atoms with van der Waals surface area (Å²) in [5, 5.41) is 3.43. The van der Waals surface area contributed by atoms with Crippen LogP contribution in [0.25, 0.3) is 0 Å². The minimum absolute atomic E-state index is 0.218. The van der Waals surface area contributed by atoms with Crippen molar-refractivity contribution in [1.82, 2.24) is 30.0 Å². The largest absolute Gasteiger partial charge is 0.444 e. The van der Waals surface area contributed by atoms with Crippen LogP contribution in [0.4, 0.5) is 10.7 Å². The fourth-order valence-corrected chi connectivity index (χ4v) is 3.78. The van der Waals surface area contributed by atoms with Gasteiger partial charge < -0.3 is 24.8 Å². The van der Waals surface area contributed by atoms with Crippen LogP contribution in [-0.2, 0) is 4.74 Å². The van der Waals surface area contributed by atoms with Gasteiger partial charge in [-0.3, -0.25) is 9.89 Å². The summed E-state index contributed by atoms with van der Waals surface area (Å²) in [6, 6.07) is 1.84. The van der Waals surface area contributed by atoms with Crippen LogP contribution in [-0.4, -0.2) is 114 Å². The smallest absolute Gasteiger partial charge is 0.410 e. The molecule has 1 aromatic heterocycles. The molecule has 10 nitrogen and oxygen atoms in total. The Hall–Kier alpha value is -2.62. The number of carbonyl (C=O) groups excluding carboxylic acids is 1. The molecule has 1 N–H and O–H groups in total. The van der Waals surface area contributed by atoms with Gasteiger partial charge >= 0.3 is 6.09 Å². The topological polar surface area (TPSA) is 89.4 Å². The van der Waals surface area contributed by atoms with E-state index in [1.807, 2.05) is 26.8 Å². The van der Waals surface area contributed by atoms with E-state index in [-0.39, 0.29) is 6.09 Å². The van der Waals surface area contributed by atoms with E-state index in [1.54, 1.807) is 17.3 Å². The summed E-state index contributed by atoms with van der Waals surface area (Å²) in [7, 11) is 0. The number of piperazine rings is 2. The first-order chi connectivity index (χ1) is 15.4. The number of hydrogen-bond acceptors (Lipinski definition) is 7. The van der Waals surface area contributed by atoms with Crippen LogP contribution in [0.2, 0.25) is 0 Å². The van der Waals surface area contributed by atoms with E-state index >= 15 is 0 Å². The molecule has 3 heterocycles. The molecule has 1 aromatic rings. The van der Waals surface area contributed by atoms with E-state index < -0.39 is 5.60 Å². The van der Waals surface area contributed by atoms with Crippen LogP contribution in [0.1, 0.15) is 27.7 Å². The van der Waals surface area contributed by atoms with Gasteiger partial charge in [0.25, 0.3) is 0 Å². The minimum Gasteiger partial charge on any atom is -0.444 e. The first kappa shape index (κ1) is 24.0. The molecule has 0 radical (unpaired) electrons. The zero-order valence-corrected chi connectivity index (χ0v) is 20.0. The van der Waals surface area contributed by atoms with Gasteiger partial charge in [-0.1, -0.05) is 0 Å². The molecule has 2 aliphatic heterocycles. The van der Waals surface area contributed by atoms with Gasteiger partial charge in [0, 0.05) is 77.8 Å². The summed E-state index contributed by atoms with van der Waals surface area (Å²) in [5.74, 6) is 1.76. The van der Waals surface area contributed by atoms with E-state index in [0.29, 0.717) is 13.1 Å². The third-order valence-electron chi connectivity index (χ3n) is 5.45. The Balaban J connectivity index is 1.43. The number of anilines is 1. The van der Waals surface area contributed by atoms with Gasteiger partial charge in [0.15, 0.2) is 5.96 Å². The molecule has 0 bridgehead atoms. The first-order valence-electron chi connectivity index (χ1n) is 11.6. The molecule has 0 saturated carbocycles. The third-order valence-corrected chi connectivity index (χ3v) is 5.45. The van der Waals surface area contributed by atoms with E-state index in [4.69, 9.17) is 9.73 Å². The second-order valence-electron chi connectivity index (χ2n) is 9.07. The Labute approximate surface area is 191 Å². The molecule has 178 valence electrons. The molecule has 0 aromatic carbocycles. The van der Waals surface area contributed by atoms with Crippen molar-refractivity contribution in [2.45, 2.75) is 33.3 Å². The van der Waals surface area contributed by atoms with Gasteiger partial charge in [0.05, 0.1) is 6.54 Å². The molecule has 3 rings (SSSR count). The lowest BCUT2D eigenvalue weighted by Crippen LogP contribution is -2.53. The highest BCUT2D eigenvalue weighted by molar-refractivity contribution is 5.80. The highest BCUT2D eigenvalue weighted by Gasteiger charge is 2.26. The third kappa shape index (κ3) is 7.22. The molecule has 0 aliphatic carbocycles. The Morgan fingerprint density at radius 3 is 2.25 bits per heavy atom. The quantitative estimate of drug-likeness (QED) is 0.532. The number of guanidine groups is 1. The van der Waals surface area contributed by atoms with Gasteiger partial charge in [-0.25, -0.2) is 14.8 Å². The predicted molar refractivity (Wildman–Crippen MR) is 126 cm³/mol. The Kier molecular flexibility index (Phi) is 8.49. The maximum absolute atomic E-state index is 12.2. The highest BCUT2D eigenvalue weighted by atomic mass is 16.6. The van der Waals surface area contributed by atoms with E-state index in [2.05, 4.69) is 36.9 Å². The zero-order valence-electron chi connectivity index (χ0n) is 20.0. The standard InChI is InChI=1S/C22H38N8O2/c1-5-23-19(28-15-17-29(18-16-28)20-24-7-6-8-25-20)26-9-10-27-11-13-30(14-12-27)21(31)32-22(2,3)4/h6-8H,5,9-18H2,1-4H3,(H,23,26). The summed E-state index contributed by atoms with van der Waals surface area (Å²) in [6.45, 7) is 16.9. The number of nitrogens with one attached hydrogen (secondary N) is 1. The van der Waals surface area contributed by atoms with Crippen LogP contribution >= 0.6 is 0 Å². The average Bonchev–Trinajstić information content (AvgIpc) is 2.78. The number of aliphatic imine (C=N–C) groups is 1. The highest BCUT2D eigenvalue weighted by Crippen LogP contribution is 2.12. The van der Waals surface area contributed by atoms with E-state index in [1.165, 1.54) is 0 Å². The van der Waals surface area contributed by atoms with Crippen molar-refractivity contribution in [3.8, 4) is 0 Å². The summed E-state index contributed by atoms with van der Waals surface area (Å²) in [6.07, 6.45) is 3.35. The number of carbonyl (C=O) groups is 1. The molecule has 0 atom stereocenters. The van der Waals surface area contributed by atoms with Gasteiger partial charge in [-0.15, -0.1) is 0 Å². The van der Waals surface area contributed by atoms with Crippen LogP contribution in [0.5, 0.6) is 0 Å². The molecular weight excluding hydrogens is 408 g/mol. The van der Waals surface area contributed by atoms with E-state index in [0.717, 1.165) is 70.8 Å². The van der Waals surface area contributed by atoms with Crippen LogP contribution in [0.3, 0.4) is 0 Å². The Bertz CT molecular complexity index is 736. The number of amides is 1. The van der Waals surface area contributed by atoms with E-state index in [9.17, 15) is 4.79 Å². The Morgan fingerprint density at radius 1 is 1.03 bits per heavy atom. The normalized spacial score (nSPS) is 18.6. The molecule has 10 heteroatoms. The average molecular weight is 447 g/mol. The second-order valence-corrected chi connectivity index (χ2v) is 9.07. The first-order valence-corrected chi connectivity index (χ1v) is 11.6. The molecule has 2 aliphatic rings. The molecule has 2 saturated heterocycles. The van der Waals surface area contributed by atoms with Crippen LogP contribution < -0.4 is 10.2 Å². The molecule has 2 fully saturated rings. The van der Waals surface area contributed by atoms with Crippen LogP contribution in [0.15, 0.2) is 23.5 Å². The maximum atomic E-state index is 12.2. The van der Waals surface area contributed by atoms with Crippen molar-refractivity contribution in [3.63, 3.8) is 0 Å². The lowest BCUT2D eigenvalue weighted by atomic mass is 10.2. The molecule has 0 spiro atoms. The van der Waals surface area contributed by atoms with Crippen molar-refractivity contribution in [1.29, 1.82) is 0 Å². The molecular formula is C22H38N8O2. The molecule has 32 heavy (non-hydrogen) atoms. The van der Waals surface area contributed by atoms with Crippen molar-refractivity contribution in [2.24, 2.45) is 4.99 Å². The lowest BCUT2D eigenvalue weighted by Gasteiger charge is -2.37. The number of hydrogen-bond donors (Lipinski definition) is 1. The maximum Gasteiger partial charge on any atom is 0.410 e. The van der Waals surface area contributed by atoms with Crippen molar-refractivity contribution < 1.29 is 9.53 Å². The number of rotatable bonds is 5. The van der Waals surface area contributed by atoms with Crippen molar-refractivity contribution in [3.05, 3.63) is 18.5 Å². The van der Waals surface area contributed by atoms with Gasteiger partial charge in [-0.05, 0) is 33.8 Å². The van der Waals surface area contributed by atoms with Gasteiger partial charge in [-0.2, -0.15) is 0 Å². The molecule has 0 unspecified atom stereocenters. The summed E-state index contributed by atoms with van der Waals surface area (Å²) in [5.41, 5.74) is -0.453. The zero-order chi connectivity index (χ0) is 23.0.